The standard InChI is InChI=1S/C11H19NO3/c13-10(9-2-6-15-7-3-9)12-8-11(14)4-1-5-11/h9,14H,1-8H2,(H,12,13). The molecule has 1 heterocycles. The van der Waals surface area contributed by atoms with Gasteiger partial charge in [0.15, 0.2) is 0 Å². The van der Waals surface area contributed by atoms with Crippen LogP contribution in [0.15, 0.2) is 0 Å². The highest BCUT2D eigenvalue weighted by molar-refractivity contribution is 5.78. The third-order valence-corrected chi connectivity index (χ3v) is 3.47. The van der Waals surface area contributed by atoms with E-state index in [1.54, 1.807) is 0 Å². The molecular weight excluding hydrogens is 194 g/mol. The zero-order valence-corrected chi connectivity index (χ0v) is 9.00. The number of rotatable bonds is 3. The normalized spacial score (nSPS) is 25.7. The summed E-state index contributed by atoms with van der Waals surface area (Å²) in [6, 6.07) is 0. The van der Waals surface area contributed by atoms with Gasteiger partial charge in [-0.05, 0) is 32.1 Å². The first-order valence-electron chi connectivity index (χ1n) is 5.77. The largest absolute Gasteiger partial charge is 0.388 e. The maximum Gasteiger partial charge on any atom is 0.223 e. The summed E-state index contributed by atoms with van der Waals surface area (Å²) in [5.74, 6) is 0.168. The molecule has 0 atom stereocenters. The van der Waals surface area contributed by atoms with E-state index in [0.29, 0.717) is 19.8 Å². The van der Waals surface area contributed by atoms with Gasteiger partial charge < -0.3 is 15.2 Å². The zero-order chi connectivity index (χ0) is 10.7. The van der Waals surface area contributed by atoms with Crippen LogP contribution in [0.25, 0.3) is 0 Å². The van der Waals surface area contributed by atoms with Gasteiger partial charge in [0.25, 0.3) is 0 Å². The third-order valence-electron chi connectivity index (χ3n) is 3.47. The van der Waals surface area contributed by atoms with Crippen LogP contribution in [-0.4, -0.2) is 36.4 Å². The van der Waals surface area contributed by atoms with Gasteiger partial charge >= 0.3 is 0 Å². The lowest BCUT2D eigenvalue weighted by Gasteiger charge is -2.37. The highest BCUT2D eigenvalue weighted by atomic mass is 16.5. The molecule has 4 nitrogen and oxygen atoms in total. The van der Waals surface area contributed by atoms with E-state index in [1.807, 2.05) is 0 Å². The van der Waals surface area contributed by atoms with E-state index in [4.69, 9.17) is 4.74 Å². The average Bonchev–Trinajstić information content (AvgIpc) is 2.24. The first-order valence-corrected chi connectivity index (χ1v) is 5.77. The third kappa shape index (κ3) is 2.69. The van der Waals surface area contributed by atoms with Crippen LogP contribution in [-0.2, 0) is 9.53 Å². The van der Waals surface area contributed by atoms with E-state index >= 15 is 0 Å². The Hall–Kier alpha value is -0.610. The van der Waals surface area contributed by atoms with Crippen molar-refractivity contribution in [1.29, 1.82) is 0 Å². The molecular formula is C11H19NO3. The number of amides is 1. The number of hydrogen-bond donors (Lipinski definition) is 2. The summed E-state index contributed by atoms with van der Waals surface area (Å²) in [7, 11) is 0. The molecule has 2 rings (SSSR count). The Morgan fingerprint density at radius 1 is 1.40 bits per heavy atom. The van der Waals surface area contributed by atoms with Crippen LogP contribution < -0.4 is 5.32 Å². The number of aliphatic hydroxyl groups is 1. The van der Waals surface area contributed by atoms with E-state index in [1.165, 1.54) is 0 Å². The van der Waals surface area contributed by atoms with Crippen molar-refractivity contribution in [1.82, 2.24) is 5.32 Å². The van der Waals surface area contributed by atoms with Gasteiger partial charge in [0.2, 0.25) is 5.91 Å². The molecule has 0 radical (unpaired) electrons. The molecule has 0 aromatic carbocycles. The van der Waals surface area contributed by atoms with Gasteiger partial charge in [-0.2, -0.15) is 0 Å². The van der Waals surface area contributed by atoms with Crippen molar-refractivity contribution in [3.05, 3.63) is 0 Å². The van der Waals surface area contributed by atoms with E-state index in [9.17, 15) is 9.90 Å². The van der Waals surface area contributed by atoms with Crippen LogP contribution >= 0.6 is 0 Å². The molecule has 2 fully saturated rings. The molecule has 86 valence electrons. The monoisotopic (exact) mass is 213 g/mol. The molecule has 1 amide bonds. The molecule has 1 aliphatic heterocycles. The minimum atomic E-state index is -0.610. The minimum absolute atomic E-state index is 0.0821. The first-order chi connectivity index (χ1) is 7.20. The molecule has 1 saturated carbocycles. The number of hydrogen-bond acceptors (Lipinski definition) is 3. The van der Waals surface area contributed by atoms with Gasteiger partial charge in [0.05, 0.1) is 5.60 Å². The SMILES string of the molecule is O=C(NCC1(O)CCC1)C1CCOCC1. The summed E-state index contributed by atoms with van der Waals surface area (Å²) in [6.07, 6.45) is 4.33. The highest BCUT2D eigenvalue weighted by Gasteiger charge is 2.35. The van der Waals surface area contributed by atoms with Gasteiger partial charge in [-0.3, -0.25) is 4.79 Å². The fourth-order valence-electron chi connectivity index (χ4n) is 2.12. The number of nitrogens with one attached hydrogen (secondary N) is 1. The number of carbonyl (C=O) groups is 1. The molecule has 0 unspecified atom stereocenters. The fourth-order valence-corrected chi connectivity index (χ4v) is 2.12. The second-order valence-electron chi connectivity index (χ2n) is 4.68. The molecule has 0 bridgehead atoms. The minimum Gasteiger partial charge on any atom is -0.388 e. The highest BCUT2D eigenvalue weighted by Crippen LogP contribution is 2.30. The Balaban J connectivity index is 1.71. The second-order valence-corrected chi connectivity index (χ2v) is 4.68. The lowest BCUT2D eigenvalue weighted by atomic mass is 9.80. The molecule has 0 aromatic heterocycles. The molecule has 2 aliphatic rings. The Bertz CT molecular complexity index is 232. The van der Waals surface area contributed by atoms with Crippen molar-refractivity contribution in [2.45, 2.75) is 37.7 Å². The first kappa shape index (κ1) is 10.9. The number of ether oxygens (including phenoxy) is 1. The summed E-state index contributed by atoms with van der Waals surface area (Å²) >= 11 is 0. The van der Waals surface area contributed by atoms with E-state index in [-0.39, 0.29) is 11.8 Å². The van der Waals surface area contributed by atoms with Crippen LogP contribution in [0.5, 0.6) is 0 Å². The summed E-state index contributed by atoms with van der Waals surface area (Å²) < 4.78 is 5.20. The van der Waals surface area contributed by atoms with Crippen LogP contribution in [0, 0.1) is 5.92 Å². The van der Waals surface area contributed by atoms with Gasteiger partial charge in [0, 0.05) is 25.7 Å². The van der Waals surface area contributed by atoms with Crippen LogP contribution in [0.3, 0.4) is 0 Å². The smallest absolute Gasteiger partial charge is 0.223 e. The van der Waals surface area contributed by atoms with Crippen molar-refractivity contribution in [3.63, 3.8) is 0 Å². The quantitative estimate of drug-likeness (QED) is 0.715. The van der Waals surface area contributed by atoms with Gasteiger partial charge in [0.1, 0.15) is 0 Å². The van der Waals surface area contributed by atoms with Crippen molar-refractivity contribution < 1.29 is 14.6 Å². The van der Waals surface area contributed by atoms with E-state index in [0.717, 1.165) is 32.1 Å². The molecule has 4 heteroatoms. The van der Waals surface area contributed by atoms with E-state index in [2.05, 4.69) is 5.32 Å². The lowest BCUT2D eigenvalue weighted by Crippen LogP contribution is -2.49. The number of carbonyl (C=O) groups excluding carboxylic acids is 1. The predicted molar refractivity (Wildman–Crippen MR) is 55.4 cm³/mol. The Labute approximate surface area is 90.0 Å². The maximum atomic E-state index is 11.7. The molecule has 0 aromatic rings. The lowest BCUT2D eigenvalue weighted by molar-refractivity contribution is -0.130. The molecule has 1 saturated heterocycles. The second kappa shape index (κ2) is 4.49. The van der Waals surface area contributed by atoms with Crippen molar-refractivity contribution in [3.8, 4) is 0 Å². The summed E-state index contributed by atoms with van der Waals surface area (Å²) in [4.78, 5) is 11.7. The summed E-state index contributed by atoms with van der Waals surface area (Å²) in [6.45, 7) is 1.79. The summed E-state index contributed by atoms with van der Waals surface area (Å²) in [5, 5.41) is 12.7. The topological polar surface area (TPSA) is 58.6 Å². The zero-order valence-electron chi connectivity index (χ0n) is 9.00. The Morgan fingerprint density at radius 3 is 2.60 bits per heavy atom. The van der Waals surface area contributed by atoms with Gasteiger partial charge in [-0.15, -0.1) is 0 Å². The van der Waals surface area contributed by atoms with Crippen LogP contribution in [0.1, 0.15) is 32.1 Å². The molecule has 0 spiro atoms. The van der Waals surface area contributed by atoms with Gasteiger partial charge in [-0.1, -0.05) is 0 Å². The Kier molecular flexibility index (Phi) is 3.26. The van der Waals surface area contributed by atoms with E-state index < -0.39 is 5.60 Å². The molecule has 15 heavy (non-hydrogen) atoms. The molecule has 1 aliphatic carbocycles. The maximum absolute atomic E-state index is 11.7. The van der Waals surface area contributed by atoms with Crippen molar-refractivity contribution >= 4 is 5.91 Å². The fraction of sp³-hybridized carbons (Fsp3) is 0.909. The Morgan fingerprint density at radius 2 is 2.07 bits per heavy atom. The molecule has 2 N–H and O–H groups in total. The van der Waals surface area contributed by atoms with Crippen molar-refractivity contribution in [2.24, 2.45) is 5.92 Å². The summed E-state index contributed by atoms with van der Waals surface area (Å²) in [5.41, 5.74) is -0.610. The van der Waals surface area contributed by atoms with Crippen LogP contribution in [0.4, 0.5) is 0 Å². The predicted octanol–water partition coefficient (Wildman–Crippen LogP) is 0.444. The van der Waals surface area contributed by atoms with Gasteiger partial charge in [-0.25, -0.2) is 0 Å². The average molecular weight is 213 g/mol. The van der Waals surface area contributed by atoms with Crippen LogP contribution in [0.2, 0.25) is 0 Å². The van der Waals surface area contributed by atoms with Crippen molar-refractivity contribution in [2.75, 3.05) is 19.8 Å².